The summed E-state index contributed by atoms with van der Waals surface area (Å²) in [6.07, 6.45) is 2.94. The lowest BCUT2D eigenvalue weighted by Gasteiger charge is -2.26. The molecule has 7 nitrogen and oxygen atoms in total. The molecule has 0 radical (unpaired) electrons. The van der Waals surface area contributed by atoms with Gasteiger partial charge in [-0.2, -0.15) is 4.99 Å². The maximum absolute atomic E-state index is 12.8. The van der Waals surface area contributed by atoms with Crippen LogP contribution in [-0.2, 0) is 16.0 Å². The van der Waals surface area contributed by atoms with Crippen LogP contribution < -0.4 is 16.4 Å². The summed E-state index contributed by atoms with van der Waals surface area (Å²) >= 11 is 1.09. The van der Waals surface area contributed by atoms with Crippen molar-refractivity contribution in [3.63, 3.8) is 0 Å². The zero-order chi connectivity index (χ0) is 21.1. The van der Waals surface area contributed by atoms with E-state index in [1.165, 1.54) is 11.1 Å². The summed E-state index contributed by atoms with van der Waals surface area (Å²) in [5.41, 5.74) is 8.93. The molecule has 0 spiro atoms. The Balaban J connectivity index is 1.39. The zero-order valence-electron chi connectivity index (χ0n) is 16.3. The number of nitrogens with zero attached hydrogens (tertiary/aromatic N) is 1. The molecule has 1 aliphatic carbocycles. The van der Waals surface area contributed by atoms with Gasteiger partial charge < -0.3 is 16.4 Å². The van der Waals surface area contributed by atoms with Gasteiger partial charge in [-0.3, -0.25) is 14.4 Å². The number of nitrogens with two attached hydrogens (primary N) is 1. The van der Waals surface area contributed by atoms with Crippen molar-refractivity contribution in [1.82, 2.24) is 5.32 Å². The van der Waals surface area contributed by atoms with Gasteiger partial charge in [0.25, 0.3) is 11.8 Å². The number of hydrogen-bond donors (Lipinski definition) is 3. The Labute approximate surface area is 178 Å². The van der Waals surface area contributed by atoms with E-state index in [1.54, 1.807) is 24.3 Å². The van der Waals surface area contributed by atoms with Crippen molar-refractivity contribution in [2.75, 3.05) is 5.32 Å². The van der Waals surface area contributed by atoms with Crippen LogP contribution in [0, 0.1) is 0 Å². The first-order valence-electron chi connectivity index (χ1n) is 9.83. The van der Waals surface area contributed by atoms with Crippen LogP contribution in [-0.4, -0.2) is 28.1 Å². The second-order valence-corrected chi connectivity index (χ2v) is 8.57. The predicted molar refractivity (Wildman–Crippen MR) is 117 cm³/mol. The van der Waals surface area contributed by atoms with Crippen LogP contribution >= 0.6 is 11.8 Å². The van der Waals surface area contributed by atoms with Gasteiger partial charge in [-0.05, 0) is 48.6 Å². The number of aliphatic imine (C=N–C) groups is 1. The van der Waals surface area contributed by atoms with E-state index >= 15 is 0 Å². The van der Waals surface area contributed by atoms with E-state index in [1.807, 2.05) is 12.1 Å². The van der Waals surface area contributed by atoms with Gasteiger partial charge >= 0.3 is 0 Å². The number of fused-ring (bicyclic) bond motifs is 1. The number of anilines is 1. The number of benzene rings is 2. The Morgan fingerprint density at radius 3 is 2.80 bits per heavy atom. The van der Waals surface area contributed by atoms with Crippen molar-refractivity contribution in [2.45, 2.75) is 37.0 Å². The molecule has 4 rings (SSSR count). The lowest BCUT2D eigenvalue weighted by atomic mass is 9.87. The molecular formula is C22H22N4O3S. The Morgan fingerprint density at radius 1 is 1.17 bits per heavy atom. The van der Waals surface area contributed by atoms with Gasteiger partial charge in [0.15, 0.2) is 5.17 Å². The number of thioether (sulfide) groups is 1. The first kappa shape index (κ1) is 20.2. The molecule has 2 aromatic carbocycles. The van der Waals surface area contributed by atoms with Crippen LogP contribution in [0.25, 0.3) is 0 Å². The van der Waals surface area contributed by atoms with Crippen molar-refractivity contribution in [3.8, 4) is 0 Å². The molecule has 2 aliphatic rings. The summed E-state index contributed by atoms with van der Waals surface area (Å²) < 4.78 is 0. The van der Waals surface area contributed by atoms with Crippen molar-refractivity contribution in [2.24, 2.45) is 10.7 Å². The fourth-order valence-corrected chi connectivity index (χ4v) is 4.62. The van der Waals surface area contributed by atoms with Gasteiger partial charge in [0.2, 0.25) is 5.91 Å². The van der Waals surface area contributed by atoms with Crippen LogP contribution in [0.3, 0.4) is 0 Å². The molecule has 0 aromatic heterocycles. The number of hydrogen-bond acceptors (Lipinski definition) is 5. The Hall–Kier alpha value is -3.13. The Kier molecular flexibility index (Phi) is 5.85. The fourth-order valence-electron chi connectivity index (χ4n) is 3.80. The number of nitrogens with one attached hydrogen (secondary N) is 2. The van der Waals surface area contributed by atoms with Crippen LogP contribution in [0.15, 0.2) is 53.5 Å². The van der Waals surface area contributed by atoms with Crippen LogP contribution in [0.2, 0.25) is 0 Å². The lowest BCUT2D eigenvalue weighted by Crippen LogP contribution is -2.31. The summed E-state index contributed by atoms with van der Waals surface area (Å²) in [7, 11) is 0. The van der Waals surface area contributed by atoms with E-state index in [0.29, 0.717) is 11.3 Å². The van der Waals surface area contributed by atoms with E-state index < -0.39 is 11.2 Å². The van der Waals surface area contributed by atoms with Gasteiger partial charge in [-0.15, -0.1) is 0 Å². The van der Waals surface area contributed by atoms with Crippen LogP contribution in [0.5, 0.6) is 0 Å². The summed E-state index contributed by atoms with van der Waals surface area (Å²) in [4.78, 5) is 40.4. The molecule has 4 N–H and O–H groups in total. The van der Waals surface area contributed by atoms with Gasteiger partial charge in [0.1, 0.15) is 5.25 Å². The average Bonchev–Trinajstić information content (AvgIpc) is 3.05. The van der Waals surface area contributed by atoms with E-state index in [9.17, 15) is 14.4 Å². The van der Waals surface area contributed by atoms with E-state index in [2.05, 4.69) is 27.8 Å². The highest BCUT2D eigenvalue weighted by atomic mass is 32.2. The highest BCUT2D eigenvalue weighted by Crippen LogP contribution is 2.30. The largest absolute Gasteiger partial charge is 0.378 e. The van der Waals surface area contributed by atoms with Crippen LogP contribution in [0.4, 0.5) is 5.69 Å². The van der Waals surface area contributed by atoms with Crippen molar-refractivity contribution in [1.29, 1.82) is 0 Å². The van der Waals surface area contributed by atoms with Crippen molar-refractivity contribution < 1.29 is 14.4 Å². The first-order chi connectivity index (χ1) is 14.5. The molecule has 30 heavy (non-hydrogen) atoms. The van der Waals surface area contributed by atoms with Gasteiger partial charge in [0, 0.05) is 17.7 Å². The monoisotopic (exact) mass is 422 g/mol. The zero-order valence-corrected chi connectivity index (χ0v) is 17.1. The molecule has 0 unspecified atom stereocenters. The maximum atomic E-state index is 12.8. The SMILES string of the molecule is NC1=NC(=O)[C@@H](CC(=O)Nc2cccc(C(=O)N[C@@H]3CCCc4ccccc43)c2)S1. The lowest BCUT2D eigenvalue weighted by molar-refractivity contribution is -0.121. The standard InChI is InChI=1S/C22H22N4O3S/c23-22-26-21(29)18(30-22)12-19(27)24-15-8-3-7-14(11-15)20(28)25-17-10-4-6-13-5-1-2-9-16(13)17/h1-3,5,7-9,11,17-18H,4,6,10,12H2,(H,24,27)(H,25,28)(H2,23,26,29)/t17-,18-/m1/s1. The number of amides is 3. The molecule has 0 saturated carbocycles. The first-order valence-corrected chi connectivity index (χ1v) is 10.7. The molecule has 3 amide bonds. The van der Waals surface area contributed by atoms with E-state index in [-0.39, 0.29) is 29.4 Å². The normalized spacial score (nSPS) is 20.3. The maximum Gasteiger partial charge on any atom is 0.262 e. The highest BCUT2D eigenvalue weighted by molar-refractivity contribution is 8.15. The smallest absolute Gasteiger partial charge is 0.262 e. The predicted octanol–water partition coefficient (Wildman–Crippen LogP) is 2.78. The molecule has 1 aliphatic heterocycles. The molecule has 0 bridgehead atoms. The van der Waals surface area contributed by atoms with Crippen LogP contribution in [0.1, 0.15) is 46.8 Å². The molecule has 2 aromatic rings. The molecular weight excluding hydrogens is 400 g/mol. The number of carbonyl (C=O) groups is 3. The van der Waals surface area contributed by atoms with E-state index in [0.717, 1.165) is 31.0 Å². The summed E-state index contributed by atoms with van der Waals surface area (Å²) in [5.74, 6) is -0.909. The minimum absolute atomic E-state index is 0.0171. The minimum atomic E-state index is -0.595. The molecule has 2 atom stereocenters. The average molecular weight is 423 g/mol. The van der Waals surface area contributed by atoms with Gasteiger partial charge in [-0.1, -0.05) is 42.1 Å². The molecule has 0 saturated heterocycles. The van der Waals surface area contributed by atoms with Gasteiger partial charge in [0.05, 0.1) is 6.04 Å². The third kappa shape index (κ3) is 4.54. The molecule has 0 fully saturated rings. The quantitative estimate of drug-likeness (QED) is 0.686. The Morgan fingerprint density at radius 2 is 2.00 bits per heavy atom. The minimum Gasteiger partial charge on any atom is -0.378 e. The van der Waals surface area contributed by atoms with Gasteiger partial charge in [-0.25, -0.2) is 0 Å². The molecule has 154 valence electrons. The number of rotatable bonds is 5. The van der Waals surface area contributed by atoms with Crippen molar-refractivity contribution in [3.05, 3.63) is 65.2 Å². The van der Waals surface area contributed by atoms with E-state index in [4.69, 9.17) is 5.73 Å². The van der Waals surface area contributed by atoms with Crippen molar-refractivity contribution >= 4 is 40.3 Å². The second kappa shape index (κ2) is 8.71. The molecule has 8 heteroatoms. The molecule has 1 heterocycles. The Bertz CT molecular complexity index is 1040. The number of aryl methyl sites for hydroxylation is 1. The fraction of sp³-hybridized carbons (Fsp3) is 0.273. The number of amidine groups is 1. The second-order valence-electron chi connectivity index (χ2n) is 7.34. The summed E-state index contributed by atoms with van der Waals surface area (Å²) in [6, 6.07) is 14.9. The summed E-state index contributed by atoms with van der Waals surface area (Å²) in [5, 5.41) is 5.44. The number of carbonyl (C=O) groups excluding carboxylic acids is 3. The third-order valence-electron chi connectivity index (χ3n) is 5.21. The third-order valence-corrected chi connectivity index (χ3v) is 6.20. The highest BCUT2D eigenvalue weighted by Gasteiger charge is 2.29. The topological polar surface area (TPSA) is 114 Å². The summed E-state index contributed by atoms with van der Waals surface area (Å²) in [6.45, 7) is 0.